The zero-order chi connectivity index (χ0) is 23.8. The molecule has 0 fully saturated rings. The zero-order valence-corrected chi connectivity index (χ0v) is 19.8. The molecule has 0 spiro atoms. The van der Waals surface area contributed by atoms with Gasteiger partial charge >= 0.3 is 0 Å². The van der Waals surface area contributed by atoms with Crippen molar-refractivity contribution in [2.45, 2.75) is 24.7 Å². The summed E-state index contributed by atoms with van der Waals surface area (Å²) in [4.78, 5) is 12.3. The van der Waals surface area contributed by atoms with Crippen LogP contribution in [0.25, 0.3) is 5.69 Å². The van der Waals surface area contributed by atoms with Gasteiger partial charge in [0, 0.05) is 35.1 Å². The molecule has 0 saturated carbocycles. The van der Waals surface area contributed by atoms with Crippen LogP contribution >= 0.6 is 23.4 Å². The Kier molecular flexibility index (Phi) is 8.17. The molecule has 3 aromatic carbocycles. The molecule has 0 unspecified atom stereocenters. The summed E-state index contributed by atoms with van der Waals surface area (Å²) in [6, 6.07) is 23.4. The van der Waals surface area contributed by atoms with Crippen LogP contribution in [0.1, 0.15) is 17.8 Å². The summed E-state index contributed by atoms with van der Waals surface area (Å²) >= 11 is 7.44. The lowest BCUT2D eigenvalue weighted by atomic mass is 10.2. The molecule has 2 N–H and O–H groups in total. The van der Waals surface area contributed by atoms with E-state index in [0.29, 0.717) is 35.4 Å². The van der Waals surface area contributed by atoms with Crippen LogP contribution in [0, 0.1) is 5.82 Å². The van der Waals surface area contributed by atoms with E-state index in [1.54, 1.807) is 12.1 Å². The molecule has 1 heterocycles. The van der Waals surface area contributed by atoms with E-state index in [0.717, 1.165) is 22.8 Å². The summed E-state index contributed by atoms with van der Waals surface area (Å²) in [7, 11) is 0. The Hall–Kier alpha value is -3.36. The Bertz CT molecular complexity index is 1220. The normalized spacial score (nSPS) is 10.8. The van der Waals surface area contributed by atoms with Crippen molar-refractivity contribution >= 4 is 35.0 Å². The van der Waals surface area contributed by atoms with Crippen LogP contribution < -0.4 is 10.6 Å². The second-order valence-corrected chi connectivity index (χ2v) is 8.93. The molecule has 0 radical (unpaired) electrons. The maximum absolute atomic E-state index is 13.0. The van der Waals surface area contributed by atoms with Crippen molar-refractivity contribution in [3.05, 3.63) is 101 Å². The van der Waals surface area contributed by atoms with Crippen molar-refractivity contribution in [1.29, 1.82) is 0 Å². The maximum atomic E-state index is 13.0. The standard InChI is InChI=1S/C25H23ClFN5OS/c26-19-8-12-21(13-9-19)28-17-23-30-31-25(32(23)22-4-2-1-3-5-22)34-15-14-24(33)29-16-18-6-10-20(27)11-7-18/h1-13,28H,14-17H2,(H,29,33). The van der Waals surface area contributed by atoms with Crippen molar-refractivity contribution in [2.24, 2.45) is 0 Å². The van der Waals surface area contributed by atoms with E-state index < -0.39 is 0 Å². The predicted molar refractivity (Wildman–Crippen MR) is 134 cm³/mol. The molecule has 4 rings (SSSR count). The van der Waals surface area contributed by atoms with E-state index in [9.17, 15) is 9.18 Å². The number of para-hydroxylation sites is 1. The molecule has 0 aliphatic heterocycles. The number of nitrogens with one attached hydrogen (secondary N) is 2. The minimum Gasteiger partial charge on any atom is -0.378 e. The monoisotopic (exact) mass is 495 g/mol. The van der Waals surface area contributed by atoms with Gasteiger partial charge in [-0.05, 0) is 54.1 Å². The van der Waals surface area contributed by atoms with E-state index in [1.807, 2.05) is 59.2 Å². The number of nitrogens with zero attached hydrogens (tertiary/aromatic N) is 3. The lowest BCUT2D eigenvalue weighted by Crippen LogP contribution is -2.23. The van der Waals surface area contributed by atoms with Gasteiger partial charge in [-0.2, -0.15) is 0 Å². The molecule has 0 bridgehead atoms. The predicted octanol–water partition coefficient (Wildman–Crippen LogP) is 5.47. The molecule has 9 heteroatoms. The lowest BCUT2D eigenvalue weighted by Gasteiger charge is -2.11. The molecule has 6 nitrogen and oxygen atoms in total. The summed E-state index contributed by atoms with van der Waals surface area (Å²) in [5.41, 5.74) is 2.73. The quantitative estimate of drug-likeness (QED) is 0.285. The van der Waals surface area contributed by atoms with Gasteiger partial charge in [0.2, 0.25) is 5.91 Å². The Morgan fingerprint density at radius 1 is 0.941 bits per heavy atom. The van der Waals surface area contributed by atoms with Crippen molar-refractivity contribution in [3.63, 3.8) is 0 Å². The highest BCUT2D eigenvalue weighted by Crippen LogP contribution is 2.23. The number of anilines is 1. The molecule has 1 amide bonds. The molecular formula is C25H23ClFN5OS. The number of carbonyl (C=O) groups is 1. The number of hydrogen-bond donors (Lipinski definition) is 2. The number of halogens is 2. The van der Waals surface area contributed by atoms with Crippen LogP contribution in [0.3, 0.4) is 0 Å². The van der Waals surface area contributed by atoms with Gasteiger partial charge < -0.3 is 10.6 Å². The first kappa shape index (κ1) is 23.8. The number of rotatable bonds is 10. The highest BCUT2D eigenvalue weighted by molar-refractivity contribution is 7.99. The van der Waals surface area contributed by atoms with Crippen LogP contribution in [0.5, 0.6) is 0 Å². The van der Waals surface area contributed by atoms with Gasteiger partial charge in [0.1, 0.15) is 5.82 Å². The van der Waals surface area contributed by atoms with Crippen LogP contribution in [-0.4, -0.2) is 26.4 Å². The second kappa shape index (κ2) is 11.7. The number of carbonyl (C=O) groups excluding carboxylic acids is 1. The van der Waals surface area contributed by atoms with Gasteiger partial charge in [-0.25, -0.2) is 4.39 Å². The first-order chi connectivity index (χ1) is 16.6. The highest BCUT2D eigenvalue weighted by Gasteiger charge is 2.15. The van der Waals surface area contributed by atoms with Gasteiger partial charge in [-0.1, -0.05) is 53.7 Å². The Balaban J connectivity index is 1.37. The van der Waals surface area contributed by atoms with Crippen LogP contribution in [0.4, 0.5) is 10.1 Å². The topological polar surface area (TPSA) is 71.8 Å². The minimum atomic E-state index is -0.295. The fourth-order valence-corrected chi connectivity index (χ4v) is 4.25. The van der Waals surface area contributed by atoms with Gasteiger partial charge in [-0.3, -0.25) is 9.36 Å². The van der Waals surface area contributed by atoms with Crippen molar-refractivity contribution < 1.29 is 9.18 Å². The third kappa shape index (κ3) is 6.59. The van der Waals surface area contributed by atoms with E-state index >= 15 is 0 Å². The summed E-state index contributed by atoms with van der Waals surface area (Å²) < 4.78 is 15.0. The average molecular weight is 496 g/mol. The SMILES string of the molecule is O=C(CCSc1nnc(CNc2ccc(Cl)cc2)n1-c1ccccc1)NCc1ccc(F)cc1. The van der Waals surface area contributed by atoms with Gasteiger partial charge in [-0.15, -0.1) is 10.2 Å². The molecule has 0 aliphatic rings. The first-order valence-electron chi connectivity index (χ1n) is 10.7. The summed E-state index contributed by atoms with van der Waals surface area (Å²) in [5, 5.41) is 16.3. The molecule has 0 aliphatic carbocycles. The molecule has 34 heavy (non-hydrogen) atoms. The third-order valence-corrected chi connectivity index (χ3v) is 6.16. The highest BCUT2D eigenvalue weighted by atomic mass is 35.5. The Morgan fingerprint density at radius 3 is 2.41 bits per heavy atom. The summed E-state index contributed by atoms with van der Waals surface area (Å²) in [6.45, 7) is 0.840. The molecule has 174 valence electrons. The molecule has 0 atom stereocenters. The molecule has 4 aromatic rings. The smallest absolute Gasteiger partial charge is 0.221 e. The Morgan fingerprint density at radius 2 is 1.68 bits per heavy atom. The van der Waals surface area contributed by atoms with Gasteiger partial charge in [0.05, 0.1) is 6.54 Å². The number of amides is 1. The fourth-order valence-electron chi connectivity index (χ4n) is 3.22. The van der Waals surface area contributed by atoms with Crippen LogP contribution in [0.15, 0.2) is 84.0 Å². The second-order valence-electron chi connectivity index (χ2n) is 7.43. The number of benzene rings is 3. The summed E-state index contributed by atoms with van der Waals surface area (Å²) in [6.07, 6.45) is 0.325. The van der Waals surface area contributed by atoms with Crippen LogP contribution in [0.2, 0.25) is 5.02 Å². The van der Waals surface area contributed by atoms with Crippen molar-refractivity contribution in [2.75, 3.05) is 11.1 Å². The zero-order valence-electron chi connectivity index (χ0n) is 18.2. The average Bonchev–Trinajstić information content (AvgIpc) is 3.26. The van der Waals surface area contributed by atoms with E-state index in [1.165, 1.54) is 23.9 Å². The number of aromatic nitrogens is 3. The Labute approximate surface area is 206 Å². The lowest BCUT2D eigenvalue weighted by molar-refractivity contribution is -0.120. The molecular weight excluding hydrogens is 473 g/mol. The fraction of sp³-hybridized carbons (Fsp3) is 0.160. The van der Waals surface area contributed by atoms with Gasteiger partial charge in [0.25, 0.3) is 0 Å². The van der Waals surface area contributed by atoms with Crippen LogP contribution in [-0.2, 0) is 17.9 Å². The third-order valence-electron chi connectivity index (χ3n) is 4.97. The van der Waals surface area contributed by atoms with Crippen molar-refractivity contribution in [3.8, 4) is 5.69 Å². The summed E-state index contributed by atoms with van der Waals surface area (Å²) in [5.74, 6) is 0.929. The van der Waals surface area contributed by atoms with E-state index in [-0.39, 0.29) is 11.7 Å². The van der Waals surface area contributed by atoms with Crippen molar-refractivity contribution in [1.82, 2.24) is 20.1 Å². The van der Waals surface area contributed by atoms with Gasteiger partial charge in [0.15, 0.2) is 11.0 Å². The van der Waals surface area contributed by atoms with E-state index in [2.05, 4.69) is 20.8 Å². The first-order valence-corrected chi connectivity index (χ1v) is 12.1. The number of hydrogen-bond acceptors (Lipinski definition) is 5. The molecule has 0 saturated heterocycles. The maximum Gasteiger partial charge on any atom is 0.221 e. The molecule has 1 aromatic heterocycles. The minimum absolute atomic E-state index is 0.0766. The number of thioether (sulfide) groups is 1. The largest absolute Gasteiger partial charge is 0.378 e. The van der Waals surface area contributed by atoms with E-state index in [4.69, 9.17) is 11.6 Å².